The van der Waals surface area contributed by atoms with Gasteiger partial charge in [-0.3, -0.25) is 9.59 Å². The van der Waals surface area contributed by atoms with Crippen LogP contribution in [0, 0.1) is 5.92 Å². The number of carboxylic acid groups (broad SMARTS) is 1. The number of carbonyl (C=O) groups excluding carboxylic acids is 1. The fourth-order valence-electron chi connectivity index (χ4n) is 2.09. The maximum absolute atomic E-state index is 11.1. The summed E-state index contributed by atoms with van der Waals surface area (Å²) in [6.07, 6.45) is 9.35. The van der Waals surface area contributed by atoms with Crippen LogP contribution in [0.25, 0.3) is 0 Å². The Hall–Kier alpha value is -1.06. The first-order valence-electron chi connectivity index (χ1n) is 6.91. The lowest BCUT2D eigenvalue weighted by Gasteiger charge is -2.20. The van der Waals surface area contributed by atoms with Crippen LogP contribution in [0.4, 0.5) is 0 Å². The molecule has 1 saturated carbocycles. The van der Waals surface area contributed by atoms with Gasteiger partial charge >= 0.3 is 5.97 Å². The van der Waals surface area contributed by atoms with E-state index in [2.05, 4.69) is 0 Å². The second-order valence-corrected chi connectivity index (χ2v) is 4.78. The van der Waals surface area contributed by atoms with Crippen LogP contribution in [0.3, 0.4) is 0 Å². The molecule has 0 aromatic rings. The smallest absolute Gasteiger partial charge is 0.305 e. The van der Waals surface area contributed by atoms with Crippen molar-refractivity contribution in [1.29, 1.82) is 0 Å². The van der Waals surface area contributed by atoms with Gasteiger partial charge in [-0.15, -0.1) is 0 Å². The molecular weight excluding hydrogens is 232 g/mol. The van der Waals surface area contributed by atoms with Crippen molar-refractivity contribution in [3.8, 4) is 0 Å². The van der Waals surface area contributed by atoms with Crippen LogP contribution in [0.5, 0.6) is 0 Å². The second-order valence-electron chi connectivity index (χ2n) is 4.78. The normalized spacial score (nSPS) is 15.4. The van der Waals surface area contributed by atoms with E-state index in [-0.39, 0.29) is 5.97 Å². The summed E-state index contributed by atoms with van der Waals surface area (Å²) in [5.74, 6) is -0.0403. The van der Waals surface area contributed by atoms with Gasteiger partial charge in [0.1, 0.15) is 0 Å². The molecule has 1 fully saturated rings. The van der Waals surface area contributed by atoms with Crippen LogP contribution < -0.4 is 0 Å². The first kappa shape index (κ1) is 16.9. The molecule has 0 bridgehead atoms. The third kappa shape index (κ3) is 11.4. The Kier molecular flexibility index (Phi) is 10.4. The summed E-state index contributed by atoms with van der Waals surface area (Å²) in [5.41, 5.74) is 0. The van der Waals surface area contributed by atoms with E-state index < -0.39 is 5.97 Å². The van der Waals surface area contributed by atoms with E-state index in [1.807, 2.05) is 6.92 Å². The monoisotopic (exact) mass is 258 g/mol. The molecule has 4 nitrogen and oxygen atoms in total. The van der Waals surface area contributed by atoms with Gasteiger partial charge in [-0.25, -0.2) is 0 Å². The molecule has 0 atom stereocenters. The highest BCUT2D eigenvalue weighted by molar-refractivity contribution is 5.69. The molecule has 0 unspecified atom stereocenters. The molecule has 0 heterocycles. The maximum Gasteiger partial charge on any atom is 0.305 e. The van der Waals surface area contributed by atoms with Gasteiger partial charge in [0, 0.05) is 13.3 Å². The SMILES string of the molecule is CC(=O)O.CCCC(=O)OCCC1CCCCC1. The largest absolute Gasteiger partial charge is 0.481 e. The fraction of sp³-hybridized carbons (Fsp3) is 0.857. The Balaban J connectivity index is 0.000000631. The number of hydrogen-bond donors (Lipinski definition) is 1. The Morgan fingerprint density at radius 3 is 2.28 bits per heavy atom. The van der Waals surface area contributed by atoms with Gasteiger partial charge in [-0.2, -0.15) is 0 Å². The average molecular weight is 258 g/mol. The zero-order chi connectivity index (χ0) is 13.8. The molecular formula is C14H26O4. The summed E-state index contributed by atoms with van der Waals surface area (Å²) in [7, 11) is 0. The highest BCUT2D eigenvalue weighted by atomic mass is 16.5. The molecule has 0 aromatic carbocycles. The third-order valence-electron chi connectivity index (χ3n) is 2.97. The molecule has 106 valence electrons. The first-order valence-corrected chi connectivity index (χ1v) is 6.91. The molecule has 0 saturated heterocycles. The quantitative estimate of drug-likeness (QED) is 0.768. The van der Waals surface area contributed by atoms with E-state index >= 15 is 0 Å². The minimum atomic E-state index is -0.833. The summed E-state index contributed by atoms with van der Waals surface area (Å²) in [4.78, 5) is 20.1. The number of aliphatic carboxylic acids is 1. The van der Waals surface area contributed by atoms with Gasteiger partial charge < -0.3 is 9.84 Å². The van der Waals surface area contributed by atoms with Crippen molar-refractivity contribution in [1.82, 2.24) is 0 Å². The minimum Gasteiger partial charge on any atom is -0.481 e. The van der Waals surface area contributed by atoms with Crippen LogP contribution >= 0.6 is 0 Å². The summed E-state index contributed by atoms with van der Waals surface area (Å²) in [5, 5.41) is 7.42. The van der Waals surface area contributed by atoms with Crippen LogP contribution in [-0.2, 0) is 14.3 Å². The lowest BCUT2D eigenvalue weighted by molar-refractivity contribution is -0.144. The van der Waals surface area contributed by atoms with Crippen molar-refractivity contribution in [3.05, 3.63) is 0 Å². The van der Waals surface area contributed by atoms with E-state index in [1.165, 1.54) is 32.1 Å². The van der Waals surface area contributed by atoms with Crippen molar-refractivity contribution in [2.24, 2.45) is 5.92 Å². The molecule has 0 spiro atoms. The molecule has 1 aliphatic rings. The molecule has 0 aliphatic heterocycles. The molecule has 18 heavy (non-hydrogen) atoms. The highest BCUT2D eigenvalue weighted by Crippen LogP contribution is 2.26. The van der Waals surface area contributed by atoms with Crippen LogP contribution in [0.15, 0.2) is 0 Å². The molecule has 4 heteroatoms. The van der Waals surface area contributed by atoms with E-state index in [0.29, 0.717) is 13.0 Å². The first-order chi connectivity index (χ1) is 8.56. The number of carbonyl (C=O) groups is 2. The topological polar surface area (TPSA) is 63.6 Å². The lowest BCUT2D eigenvalue weighted by Crippen LogP contribution is -2.12. The second kappa shape index (κ2) is 11.1. The van der Waals surface area contributed by atoms with Gasteiger partial charge in [0.25, 0.3) is 5.97 Å². The number of esters is 1. The molecule has 1 N–H and O–H groups in total. The third-order valence-corrected chi connectivity index (χ3v) is 2.97. The van der Waals surface area contributed by atoms with Crippen LogP contribution in [-0.4, -0.2) is 23.7 Å². The molecule has 1 rings (SSSR count). The number of carboxylic acids is 1. The van der Waals surface area contributed by atoms with Gasteiger partial charge in [0.05, 0.1) is 6.61 Å². The average Bonchev–Trinajstić information content (AvgIpc) is 2.30. The standard InChI is InChI=1S/C12H22O2.C2H4O2/c1-2-6-12(13)14-10-9-11-7-4-3-5-8-11;1-2(3)4/h11H,2-10H2,1H3;1H3,(H,3,4). The molecule has 0 aromatic heterocycles. The minimum absolute atomic E-state index is 0.0247. The predicted molar refractivity (Wildman–Crippen MR) is 70.4 cm³/mol. The van der Waals surface area contributed by atoms with E-state index in [4.69, 9.17) is 14.6 Å². The summed E-state index contributed by atoms with van der Waals surface area (Å²) in [6.45, 7) is 3.73. The highest BCUT2D eigenvalue weighted by Gasteiger charge is 2.13. The Morgan fingerprint density at radius 1 is 1.22 bits per heavy atom. The van der Waals surface area contributed by atoms with Crippen molar-refractivity contribution < 1.29 is 19.4 Å². The van der Waals surface area contributed by atoms with Gasteiger partial charge in [-0.05, 0) is 18.8 Å². The van der Waals surface area contributed by atoms with Crippen LogP contribution in [0.2, 0.25) is 0 Å². The fourth-order valence-corrected chi connectivity index (χ4v) is 2.09. The maximum atomic E-state index is 11.1. The summed E-state index contributed by atoms with van der Waals surface area (Å²) >= 11 is 0. The van der Waals surface area contributed by atoms with E-state index in [9.17, 15) is 4.79 Å². The molecule has 0 radical (unpaired) electrons. The summed E-state index contributed by atoms with van der Waals surface area (Å²) in [6, 6.07) is 0. The Bertz CT molecular complexity index is 228. The Morgan fingerprint density at radius 2 is 1.78 bits per heavy atom. The number of hydrogen-bond acceptors (Lipinski definition) is 3. The van der Waals surface area contributed by atoms with E-state index in [0.717, 1.165) is 25.7 Å². The predicted octanol–water partition coefficient (Wildman–Crippen LogP) is 3.39. The molecule has 0 amide bonds. The summed E-state index contributed by atoms with van der Waals surface area (Å²) < 4.78 is 5.15. The van der Waals surface area contributed by atoms with Crippen LogP contribution in [0.1, 0.15) is 65.2 Å². The number of rotatable bonds is 5. The zero-order valence-electron chi connectivity index (χ0n) is 11.6. The Labute approximate surface area is 110 Å². The van der Waals surface area contributed by atoms with Crippen molar-refractivity contribution in [2.75, 3.05) is 6.61 Å². The van der Waals surface area contributed by atoms with Crippen molar-refractivity contribution >= 4 is 11.9 Å². The van der Waals surface area contributed by atoms with Crippen molar-refractivity contribution in [2.45, 2.75) is 65.2 Å². The van der Waals surface area contributed by atoms with Gasteiger partial charge in [0.2, 0.25) is 0 Å². The number of ether oxygens (including phenoxy) is 1. The van der Waals surface area contributed by atoms with Gasteiger partial charge in [0.15, 0.2) is 0 Å². The van der Waals surface area contributed by atoms with E-state index in [1.54, 1.807) is 0 Å². The zero-order valence-corrected chi connectivity index (χ0v) is 11.6. The van der Waals surface area contributed by atoms with Crippen molar-refractivity contribution in [3.63, 3.8) is 0 Å². The van der Waals surface area contributed by atoms with Gasteiger partial charge in [-0.1, -0.05) is 39.0 Å². The molecule has 1 aliphatic carbocycles. The lowest BCUT2D eigenvalue weighted by atomic mass is 9.87.